The molecule has 3 fully saturated rings. The molecule has 1 aliphatic heterocycles. The molecular formula is C30H40N4O4. The highest BCUT2D eigenvalue weighted by molar-refractivity contribution is 5.96. The van der Waals surface area contributed by atoms with Gasteiger partial charge in [-0.15, -0.1) is 0 Å². The topological polar surface area (TPSA) is 97.1 Å². The molecular weight excluding hydrogens is 480 g/mol. The molecule has 2 amide bonds. The fourth-order valence-electron chi connectivity index (χ4n) is 5.62. The summed E-state index contributed by atoms with van der Waals surface area (Å²) < 4.78 is 10.6. The van der Waals surface area contributed by atoms with E-state index in [1.54, 1.807) is 0 Å². The van der Waals surface area contributed by atoms with Crippen molar-refractivity contribution in [3.05, 3.63) is 48.0 Å². The largest absolute Gasteiger partial charge is 0.378 e. The Morgan fingerprint density at radius 3 is 2.47 bits per heavy atom. The molecule has 2 aromatic rings. The van der Waals surface area contributed by atoms with E-state index in [0.717, 1.165) is 79.7 Å². The molecule has 3 N–H and O–H groups in total. The van der Waals surface area contributed by atoms with Crippen molar-refractivity contribution in [3.8, 4) is 11.1 Å². The molecule has 1 saturated heterocycles. The average Bonchev–Trinajstić information content (AvgIpc) is 3.79. The van der Waals surface area contributed by atoms with Crippen LogP contribution in [0, 0.1) is 5.92 Å². The molecule has 0 radical (unpaired) electrons. The Hall–Kier alpha value is -2.94. The first kappa shape index (κ1) is 26.7. The number of benzene rings is 2. The van der Waals surface area contributed by atoms with Gasteiger partial charge in [0.1, 0.15) is 6.61 Å². The monoisotopic (exact) mass is 520 g/mol. The van der Waals surface area contributed by atoms with E-state index in [-0.39, 0.29) is 30.5 Å². The summed E-state index contributed by atoms with van der Waals surface area (Å²) >= 11 is 0. The van der Waals surface area contributed by atoms with Crippen LogP contribution in [0.2, 0.25) is 0 Å². The number of ether oxygens (including phenoxy) is 2. The van der Waals surface area contributed by atoms with Gasteiger partial charge in [0.05, 0.1) is 24.6 Å². The number of hydrogen-bond donors (Lipinski definition) is 2. The van der Waals surface area contributed by atoms with Crippen molar-refractivity contribution in [2.45, 2.75) is 57.2 Å². The fourth-order valence-corrected chi connectivity index (χ4v) is 5.62. The third kappa shape index (κ3) is 6.54. The lowest BCUT2D eigenvalue weighted by Gasteiger charge is -2.36. The highest BCUT2D eigenvalue weighted by Gasteiger charge is 2.37. The summed E-state index contributed by atoms with van der Waals surface area (Å²) in [5.74, 6) is 0.308. The first-order chi connectivity index (χ1) is 18.5. The number of rotatable bonds is 9. The maximum absolute atomic E-state index is 13.3. The Bertz CT molecular complexity index is 1120. The Morgan fingerprint density at radius 2 is 1.76 bits per heavy atom. The zero-order valence-electron chi connectivity index (χ0n) is 22.4. The van der Waals surface area contributed by atoms with Gasteiger partial charge < -0.3 is 30.3 Å². The van der Waals surface area contributed by atoms with E-state index in [4.69, 9.17) is 15.2 Å². The second kappa shape index (κ2) is 12.3. The zero-order chi connectivity index (χ0) is 26.5. The summed E-state index contributed by atoms with van der Waals surface area (Å²) in [7, 11) is 1.52. The molecule has 0 aromatic heterocycles. The number of methoxy groups -OCH3 is 1. The molecule has 0 atom stereocenters. The first-order valence-corrected chi connectivity index (χ1v) is 13.9. The Labute approximate surface area is 225 Å². The predicted octanol–water partition coefficient (Wildman–Crippen LogP) is 3.78. The van der Waals surface area contributed by atoms with E-state index in [1.165, 1.54) is 7.11 Å². The van der Waals surface area contributed by atoms with Gasteiger partial charge in [0.2, 0.25) is 11.8 Å². The van der Waals surface area contributed by atoms with Gasteiger partial charge in [0.25, 0.3) is 0 Å². The summed E-state index contributed by atoms with van der Waals surface area (Å²) in [4.78, 5) is 30.1. The molecule has 2 aliphatic carbocycles. The molecule has 5 rings (SSSR count). The third-order valence-corrected chi connectivity index (χ3v) is 7.90. The number of morpholine rings is 1. The van der Waals surface area contributed by atoms with E-state index in [1.807, 2.05) is 6.07 Å². The van der Waals surface area contributed by atoms with Gasteiger partial charge in [0.15, 0.2) is 0 Å². The molecule has 1 heterocycles. The lowest BCUT2D eigenvalue weighted by Crippen LogP contribution is -2.44. The maximum Gasteiger partial charge on any atom is 0.250 e. The lowest BCUT2D eigenvalue weighted by molar-refractivity contribution is -0.136. The summed E-state index contributed by atoms with van der Waals surface area (Å²) in [6, 6.07) is 15.2. The van der Waals surface area contributed by atoms with Crippen molar-refractivity contribution in [1.82, 2.24) is 4.90 Å². The molecule has 0 bridgehead atoms. The van der Waals surface area contributed by atoms with Crippen LogP contribution in [0.15, 0.2) is 42.5 Å². The van der Waals surface area contributed by atoms with Gasteiger partial charge in [-0.1, -0.05) is 24.3 Å². The quantitative estimate of drug-likeness (QED) is 0.522. The minimum Gasteiger partial charge on any atom is -0.378 e. The number of nitrogens with one attached hydrogen (secondary N) is 1. The smallest absolute Gasteiger partial charge is 0.250 e. The molecule has 3 aliphatic rings. The number of carbonyl (C=O) groups is 2. The fraction of sp³-hybridized carbons (Fsp3) is 0.533. The number of anilines is 2. The molecule has 2 saturated carbocycles. The molecule has 2 aromatic carbocycles. The minimum atomic E-state index is -0.186. The molecule has 204 valence electrons. The van der Waals surface area contributed by atoms with Crippen LogP contribution in [0.1, 0.15) is 44.1 Å². The van der Waals surface area contributed by atoms with Crippen LogP contribution in [-0.2, 0) is 25.6 Å². The van der Waals surface area contributed by atoms with E-state index in [0.29, 0.717) is 25.7 Å². The predicted molar refractivity (Wildman–Crippen MR) is 149 cm³/mol. The third-order valence-electron chi connectivity index (χ3n) is 7.90. The summed E-state index contributed by atoms with van der Waals surface area (Å²) in [5, 5.41) is 3.04. The van der Waals surface area contributed by atoms with Crippen LogP contribution in [0.4, 0.5) is 11.4 Å². The highest BCUT2D eigenvalue weighted by Crippen LogP contribution is 2.36. The summed E-state index contributed by atoms with van der Waals surface area (Å²) in [6.45, 7) is 3.50. The summed E-state index contributed by atoms with van der Waals surface area (Å²) in [6.07, 6.45) is 5.93. The van der Waals surface area contributed by atoms with Crippen LogP contribution in [0.5, 0.6) is 0 Å². The SMILES string of the molecule is COCC(=O)Nc1cc(-c2cccc(CN(C(=O)C3CC3)C3CCC(N)CC3)c2)ccc1N1CCOCC1. The normalized spacial score (nSPS) is 21.7. The van der Waals surface area contributed by atoms with Crippen molar-refractivity contribution in [3.63, 3.8) is 0 Å². The van der Waals surface area contributed by atoms with Gasteiger partial charge in [-0.05, 0) is 73.4 Å². The number of nitrogens with two attached hydrogens (primary N) is 1. The molecule has 0 spiro atoms. The van der Waals surface area contributed by atoms with Gasteiger partial charge in [0, 0.05) is 44.7 Å². The van der Waals surface area contributed by atoms with E-state index >= 15 is 0 Å². The van der Waals surface area contributed by atoms with Crippen LogP contribution in [-0.4, -0.2) is 68.8 Å². The Kier molecular flexibility index (Phi) is 8.61. The number of carbonyl (C=O) groups excluding carboxylic acids is 2. The van der Waals surface area contributed by atoms with Gasteiger partial charge >= 0.3 is 0 Å². The van der Waals surface area contributed by atoms with E-state index < -0.39 is 0 Å². The Balaban J connectivity index is 1.39. The van der Waals surface area contributed by atoms with Gasteiger partial charge in [-0.2, -0.15) is 0 Å². The second-order valence-electron chi connectivity index (χ2n) is 10.8. The van der Waals surface area contributed by atoms with Crippen LogP contribution >= 0.6 is 0 Å². The zero-order valence-corrected chi connectivity index (χ0v) is 22.4. The van der Waals surface area contributed by atoms with Crippen molar-refractivity contribution in [2.24, 2.45) is 11.7 Å². The average molecular weight is 521 g/mol. The van der Waals surface area contributed by atoms with Gasteiger partial charge in [-0.25, -0.2) is 0 Å². The molecule has 38 heavy (non-hydrogen) atoms. The van der Waals surface area contributed by atoms with Crippen molar-refractivity contribution in [2.75, 3.05) is 50.2 Å². The highest BCUT2D eigenvalue weighted by atomic mass is 16.5. The first-order valence-electron chi connectivity index (χ1n) is 13.9. The number of nitrogens with zero attached hydrogens (tertiary/aromatic N) is 2. The maximum atomic E-state index is 13.3. The second-order valence-corrected chi connectivity index (χ2v) is 10.8. The van der Waals surface area contributed by atoms with Crippen LogP contribution in [0.25, 0.3) is 11.1 Å². The number of amides is 2. The van der Waals surface area contributed by atoms with E-state index in [2.05, 4.69) is 51.5 Å². The number of hydrogen-bond acceptors (Lipinski definition) is 6. The summed E-state index contributed by atoms with van der Waals surface area (Å²) in [5.41, 5.74) is 11.1. The molecule has 0 unspecified atom stereocenters. The van der Waals surface area contributed by atoms with Crippen LogP contribution < -0.4 is 16.0 Å². The van der Waals surface area contributed by atoms with Crippen molar-refractivity contribution >= 4 is 23.2 Å². The van der Waals surface area contributed by atoms with Crippen molar-refractivity contribution < 1.29 is 19.1 Å². The Morgan fingerprint density at radius 1 is 1.03 bits per heavy atom. The molecule has 8 heteroatoms. The molecule has 8 nitrogen and oxygen atoms in total. The van der Waals surface area contributed by atoms with Crippen molar-refractivity contribution in [1.29, 1.82) is 0 Å². The standard InChI is InChI=1S/C30H40N4O4/c1-37-20-29(35)32-27-18-24(7-12-28(27)33-13-15-38-16-14-33)23-4-2-3-21(17-23)19-34(30(36)22-5-6-22)26-10-8-25(31)9-11-26/h2-4,7,12,17-18,22,25-26H,5-6,8-11,13-16,19-20,31H2,1H3,(H,32,35). The van der Waals surface area contributed by atoms with Crippen LogP contribution in [0.3, 0.4) is 0 Å². The minimum absolute atomic E-state index is 0.000803. The van der Waals surface area contributed by atoms with Gasteiger partial charge in [-0.3, -0.25) is 9.59 Å². The van der Waals surface area contributed by atoms with E-state index in [9.17, 15) is 9.59 Å². The lowest BCUT2D eigenvalue weighted by atomic mass is 9.90.